The number of primary amides is 1. The second kappa shape index (κ2) is 6.49. The fraction of sp³-hybridized carbons (Fsp3) is 0.600. The number of imidazole rings is 1. The Bertz CT molecular complexity index is 682. The molecule has 0 aliphatic carbocycles. The Labute approximate surface area is 135 Å². The maximum Gasteiger partial charge on any atom is 0.231 e. The molecule has 2 aromatic heterocycles. The Hall–Kier alpha value is -2.22. The molecule has 1 aliphatic rings. The van der Waals surface area contributed by atoms with Crippen molar-refractivity contribution in [2.24, 2.45) is 12.8 Å². The molecule has 3 heterocycles. The van der Waals surface area contributed by atoms with Crippen LogP contribution in [0.1, 0.15) is 36.2 Å². The van der Waals surface area contributed by atoms with Gasteiger partial charge in [0.25, 0.3) is 0 Å². The molecule has 1 fully saturated rings. The lowest BCUT2D eigenvalue weighted by Crippen LogP contribution is -2.39. The summed E-state index contributed by atoms with van der Waals surface area (Å²) in [7, 11) is 2.02. The average Bonchev–Trinajstić information content (AvgIpc) is 3.07. The van der Waals surface area contributed by atoms with Crippen LogP contribution >= 0.6 is 0 Å². The number of piperidine rings is 1. The summed E-state index contributed by atoms with van der Waals surface area (Å²) in [5, 5.41) is 8.76. The summed E-state index contributed by atoms with van der Waals surface area (Å²) in [6.45, 7) is 4.74. The molecule has 0 saturated carbocycles. The van der Waals surface area contributed by atoms with Crippen molar-refractivity contribution in [3.8, 4) is 0 Å². The minimum absolute atomic E-state index is 0.264. The molecule has 8 nitrogen and oxygen atoms in total. The maximum atomic E-state index is 11.0. The van der Waals surface area contributed by atoms with E-state index in [-0.39, 0.29) is 5.91 Å². The second-order valence-corrected chi connectivity index (χ2v) is 6.15. The molecular weight excluding hydrogens is 294 g/mol. The number of aromatic nitrogens is 5. The lowest BCUT2D eigenvalue weighted by Gasteiger charge is -2.30. The number of rotatable bonds is 5. The van der Waals surface area contributed by atoms with Crippen LogP contribution in [0.2, 0.25) is 0 Å². The van der Waals surface area contributed by atoms with Gasteiger partial charge in [-0.15, -0.1) is 10.2 Å². The lowest BCUT2D eigenvalue weighted by atomic mass is 9.96. The lowest BCUT2D eigenvalue weighted by molar-refractivity contribution is -0.119. The zero-order valence-electron chi connectivity index (χ0n) is 13.6. The first-order valence-electron chi connectivity index (χ1n) is 7.91. The van der Waals surface area contributed by atoms with Gasteiger partial charge < -0.3 is 14.9 Å². The van der Waals surface area contributed by atoms with Crippen molar-refractivity contribution in [1.29, 1.82) is 0 Å². The molecule has 0 atom stereocenters. The summed E-state index contributed by atoms with van der Waals surface area (Å²) in [4.78, 5) is 17.3. The Morgan fingerprint density at radius 3 is 2.70 bits per heavy atom. The third-order valence-electron chi connectivity index (χ3n) is 4.57. The van der Waals surface area contributed by atoms with Crippen LogP contribution in [-0.4, -0.2) is 54.8 Å². The van der Waals surface area contributed by atoms with Crippen LogP contribution in [0, 0.1) is 6.92 Å². The van der Waals surface area contributed by atoms with Gasteiger partial charge in [-0.05, 0) is 32.9 Å². The van der Waals surface area contributed by atoms with E-state index < -0.39 is 0 Å². The third-order valence-corrected chi connectivity index (χ3v) is 4.57. The first-order valence-corrected chi connectivity index (χ1v) is 7.91. The summed E-state index contributed by atoms with van der Waals surface area (Å²) in [5.74, 6) is 3.04. The van der Waals surface area contributed by atoms with Gasteiger partial charge in [0.15, 0.2) is 5.82 Å². The Balaban J connectivity index is 1.66. The smallest absolute Gasteiger partial charge is 0.231 e. The fourth-order valence-corrected chi connectivity index (χ4v) is 3.16. The van der Waals surface area contributed by atoms with Crippen molar-refractivity contribution in [2.75, 3.05) is 19.6 Å². The van der Waals surface area contributed by atoms with E-state index in [0.717, 1.165) is 43.4 Å². The first kappa shape index (κ1) is 15.7. The van der Waals surface area contributed by atoms with Gasteiger partial charge in [0.2, 0.25) is 5.91 Å². The van der Waals surface area contributed by atoms with E-state index >= 15 is 0 Å². The first-order chi connectivity index (χ1) is 11.0. The molecule has 23 heavy (non-hydrogen) atoms. The highest BCUT2D eigenvalue weighted by atomic mass is 16.1. The number of hydrogen-bond donors (Lipinski definition) is 1. The van der Waals surface area contributed by atoms with Gasteiger partial charge in [-0.1, -0.05) is 0 Å². The van der Waals surface area contributed by atoms with Gasteiger partial charge in [-0.3, -0.25) is 9.69 Å². The van der Waals surface area contributed by atoms with E-state index in [4.69, 9.17) is 5.73 Å². The number of likely N-dealkylation sites (tertiary alicyclic amines) is 1. The molecule has 124 valence electrons. The fourth-order valence-electron chi connectivity index (χ4n) is 3.16. The zero-order valence-corrected chi connectivity index (χ0v) is 13.6. The molecule has 0 spiro atoms. The largest absolute Gasteiger partial charge is 0.369 e. The molecule has 3 rings (SSSR count). The number of amides is 1. The van der Waals surface area contributed by atoms with Crippen LogP contribution in [0.5, 0.6) is 0 Å². The number of nitrogens with two attached hydrogens (primary N) is 1. The van der Waals surface area contributed by atoms with Crippen LogP contribution in [-0.2, 0) is 18.4 Å². The van der Waals surface area contributed by atoms with E-state index in [1.165, 1.54) is 0 Å². The van der Waals surface area contributed by atoms with Crippen LogP contribution in [0.15, 0.2) is 12.4 Å². The monoisotopic (exact) mass is 317 g/mol. The van der Waals surface area contributed by atoms with Crippen molar-refractivity contribution in [1.82, 2.24) is 29.2 Å². The normalized spacial score (nSPS) is 16.8. The number of carbonyl (C=O) groups excluding carboxylic acids is 1. The maximum absolute atomic E-state index is 11.0. The highest BCUT2D eigenvalue weighted by Crippen LogP contribution is 2.26. The molecule has 2 aromatic rings. The molecule has 1 aliphatic heterocycles. The molecule has 0 bridgehead atoms. The summed E-state index contributed by atoms with van der Waals surface area (Å²) in [5.41, 5.74) is 5.26. The Kier molecular flexibility index (Phi) is 4.42. The van der Waals surface area contributed by atoms with Crippen LogP contribution < -0.4 is 5.73 Å². The predicted molar refractivity (Wildman–Crippen MR) is 84.7 cm³/mol. The topological polar surface area (TPSA) is 94.9 Å². The molecule has 1 amide bonds. The molecule has 0 aromatic carbocycles. The van der Waals surface area contributed by atoms with Gasteiger partial charge in [-0.2, -0.15) is 0 Å². The van der Waals surface area contributed by atoms with Crippen LogP contribution in [0.4, 0.5) is 0 Å². The molecule has 0 radical (unpaired) electrons. The van der Waals surface area contributed by atoms with Gasteiger partial charge >= 0.3 is 0 Å². The molecule has 8 heteroatoms. The third kappa shape index (κ3) is 3.42. The van der Waals surface area contributed by atoms with Gasteiger partial charge in [0.05, 0.1) is 13.1 Å². The predicted octanol–water partition coefficient (Wildman–Crippen LogP) is 0.0330. The number of aryl methyl sites for hydroxylation is 1. The van der Waals surface area contributed by atoms with Crippen LogP contribution in [0.25, 0.3) is 0 Å². The summed E-state index contributed by atoms with van der Waals surface area (Å²) in [6, 6.07) is 0. The van der Waals surface area contributed by atoms with Crippen LogP contribution in [0.3, 0.4) is 0 Å². The molecule has 0 unspecified atom stereocenters. The summed E-state index contributed by atoms with van der Waals surface area (Å²) >= 11 is 0. The Morgan fingerprint density at radius 2 is 2.09 bits per heavy atom. The molecule has 1 saturated heterocycles. The van der Waals surface area contributed by atoms with Crippen molar-refractivity contribution in [2.45, 2.75) is 32.2 Å². The summed E-state index contributed by atoms with van der Waals surface area (Å²) < 4.78 is 4.15. The molecular formula is C15H23N7O. The second-order valence-electron chi connectivity index (χ2n) is 6.15. The van der Waals surface area contributed by atoms with E-state index in [2.05, 4.69) is 29.2 Å². The SMILES string of the molecule is Cc1nccn1Cc1nnc(C2CCN(CC(N)=O)CC2)n1C. The van der Waals surface area contributed by atoms with E-state index in [0.29, 0.717) is 19.0 Å². The molecule has 2 N–H and O–H groups in total. The Morgan fingerprint density at radius 1 is 1.35 bits per heavy atom. The van der Waals surface area contributed by atoms with Crippen molar-refractivity contribution in [3.63, 3.8) is 0 Å². The van der Waals surface area contributed by atoms with E-state index in [1.54, 1.807) is 6.20 Å². The average molecular weight is 317 g/mol. The van der Waals surface area contributed by atoms with Crippen molar-refractivity contribution in [3.05, 3.63) is 29.9 Å². The minimum Gasteiger partial charge on any atom is -0.369 e. The van der Waals surface area contributed by atoms with Crippen molar-refractivity contribution >= 4 is 5.91 Å². The zero-order chi connectivity index (χ0) is 16.4. The highest BCUT2D eigenvalue weighted by Gasteiger charge is 2.25. The number of carbonyl (C=O) groups is 1. The van der Waals surface area contributed by atoms with Gasteiger partial charge in [-0.25, -0.2) is 4.98 Å². The summed E-state index contributed by atoms with van der Waals surface area (Å²) in [6.07, 6.45) is 5.69. The minimum atomic E-state index is -0.264. The standard InChI is InChI=1S/C15H23N7O/c1-11-17-5-8-22(11)10-14-18-19-15(20(14)2)12-3-6-21(7-4-12)9-13(16)23/h5,8,12H,3-4,6-7,9-10H2,1-2H3,(H2,16,23). The van der Waals surface area contributed by atoms with Gasteiger partial charge in [0.1, 0.15) is 11.6 Å². The number of hydrogen-bond acceptors (Lipinski definition) is 5. The van der Waals surface area contributed by atoms with Crippen molar-refractivity contribution < 1.29 is 4.79 Å². The van der Waals surface area contributed by atoms with E-state index in [9.17, 15) is 4.79 Å². The van der Waals surface area contributed by atoms with E-state index in [1.807, 2.05) is 20.2 Å². The number of nitrogens with zero attached hydrogens (tertiary/aromatic N) is 6. The highest BCUT2D eigenvalue weighted by molar-refractivity contribution is 5.75. The quantitative estimate of drug-likeness (QED) is 0.840. The van der Waals surface area contributed by atoms with Gasteiger partial charge in [0, 0.05) is 25.4 Å².